The van der Waals surface area contributed by atoms with Crippen LogP contribution in [0.3, 0.4) is 0 Å². The lowest BCUT2D eigenvalue weighted by Crippen LogP contribution is -2.26. The van der Waals surface area contributed by atoms with E-state index in [0.717, 1.165) is 33.2 Å². The predicted octanol–water partition coefficient (Wildman–Crippen LogP) is 4.09. The van der Waals surface area contributed by atoms with Crippen LogP contribution in [0, 0.1) is 35.5 Å². The highest BCUT2D eigenvalue weighted by Crippen LogP contribution is 2.47. The van der Waals surface area contributed by atoms with Gasteiger partial charge >= 0.3 is 0 Å². The van der Waals surface area contributed by atoms with Gasteiger partial charge < -0.3 is 9.47 Å². The number of aromatic nitrogens is 1. The van der Waals surface area contributed by atoms with E-state index < -0.39 is 5.92 Å². The molecule has 2 atom stereocenters. The van der Waals surface area contributed by atoms with Crippen LogP contribution >= 0.6 is 11.3 Å². The van der Waals surface area contributed by atoms with Gasteiger partial charge in [-0.3, -0.25) is 4.99 Å². The second kappa shape index (κ2) is 8.35. The van der Waals surface area contributed by atoms with Crippen LogP contribution in [0.2, 0.25) is 0 Å². The molecule has 0 radical (unpaired) electrons. The smallest absolute Gasteiger partial charge is 0.124 e. The summed E-state index contributed by atoms with van der Waals surface area (Å²) >= 11 is 1.52. The van der Waals surface area contributed by atoms with E-state index >= 15 is 0 Å². The summed E-state index contributed by atoms with van der Waals surface area (Å²) in [6, 6.07) is 9.83. The van der Waals surface area contributed by atoms with E-state index in [1.165, 1.54) is 11.3 Å². The maximum absolute atomic E-state index is 9.95. The van der Waals surface area contributed by atoms with Crippen molar-refractivity contribution in [2.45, 2.75) is 19.8 Å². The molecule has 0 bridgehead atoms. The Morgan fingerprint density at radius 1 is 1.21 bits per heavy atom. The molecule has 1 aliphatic heterocycles. The summed E-state index contributed by atoms with van der Waals surface area (Å²) < 4.78 is 11.0. The number of allylic oxidation sites excluding steroid dienone is 1. The van der Waals surface area contributed by atoms with Crippen LogP contribution in [0.25, 0.3) is 5.57 Å². The molecule has 2 heterocycles. The highest BCUT2D eigenvalue weighted by molar-refractivity contribution is 7.10. The quantitative estimate of drug-likeness (QED) is 0.764. The molecular formula is C21H20N4O2S. The Kier molecular flexibility index (Phi) is 5.89. The molecule has 0 aliphatic carbocycles. The molecule has 28 heavy (non-hydrogen) atoms. The molecule has 0 N–H and O–H groups in total. The minimum atomic E-state index is -0.471. The number of nitriles is 2. The first-order valence-corrected chi connectivity index (χ1v) is 9.59. The molecule has 2 aromatic rings. The monoisotopic (exact) mass is 392 g/mol. The second-order valence-corrected chi connectivity index (χ2v) is 7.35. The first kappa shape index (κ1) is 19.8. The minimum absolute atomic E-state index is 0.318. The van der Waals surface area contributed by atoms with Gasteiger partial charge in [-0.2, -0.15) is 10.5 Å². The maximum Gasteiger partial charge on any atom is 0.124 e. The summed E-state index contributed by atoms with van der Waals surface area (Å²) in [6.45, 7) is 4.11. The van der Waals surface area contributed by atoms with Gasteiger partial charge in [0.25, 0.3) is 0 Å². The lowest BCUT2D eigenvalue weighted by molar-refractivity contribution is 0.224. The number of methoxy groups -OCH3 is 2. The number of hydrogen-bond donors (Lipinski definition) is 0. The summed E-state index contributed by atoms with van der Waals surface area (Å²) in [5.74, 6) is -0.218. The van der Waals surface area contributed by atoms with E-state index in [0.29, 0.717) is 17.9 Å². The summed E-state index contributed by atoms with van der Waals surface area (Å²) in [7, 11) is 3.19. The highest BCUT2D eigenvalue weighted by Gasteiger charge is 2.38. The first-order valence-electron chi connectivity index (χ1n) is 8.71. The summed E-state index contributed by atoms with van der Waals surface area (Å²) in [5.41, 5.74) is 4.61. The predicted molar refractivity (Wildman–Crippen MR) is 108 cm³/mol. The van der Waals surface area contributed by atoms with E-state index in [-0.39, 0.29) is 5.92 Å². The summed E-state index contributed by atoms with van der Waals surface area (Å²) in [6.07, 6.45) is 0. The van der Waals surface area contributed by atoms with Gasteiger partial charge in [-0.05, 0) is 26.0 Å². The Bertz CT molecular complexity index is 1040. The number of aliphatic imine (C=N–C) groups is 1. The largest absolute Gasteiger partial charge is 0.496 e. The Hall–Kier alpha value is -3.00. The molecule has 0 amide bonds. The van der Waals surface area contributed by atoms with Crippen molar-refractivity contribution in [3.05, 3.63) is 51.1 Å². The van der Waals surface area contributed by atoms with Crippen LogP contribution < -0.4 is 4.74 Å². The van der Waals surface area contributed by atoms with Crippen molar-refractivity contribution in [2.75, 3.05) is 20.8 Å². The van der Waals surface area contributed by atoms with E-state index in [9.17, 15) is 10.5 Å². The summed E-state index contributed by atoms with van der Waals surface area (Å²) in [5, 5.41) is 22.0. The topological polar surface area (TPSA) is 91.3 Å². The molecule has 2 unspecified atom stereocenters. The zero-order chi connectivity index (χ0) is 20.3. The van der Waals surface area contributed by atoms with E-state index in [2.05, 4.69) is 22.1 Å². The van der Waals surface area contributed by atoms with Gasteiger partial charge in [0, 0.05) is 40.9 Å². The van der Waals surface area contributed by atoms with Crippen molar-refractivity contribution in [3.8, 4) is 17.9 Å². The summed E-state index contributed by atoms with van der Waals surface area (Å²) in [4.78, 5) is 9.34. The number of benzene rings is 1. The second-order valence-electron chi connectivity index (χ2n) is 6.49. The van der Waals surface area contributed by atoms with E-state index in [4.69, 9.17) is 9.47 Å². The fourth-order valence-electron chi connectivity index (χ4n) is 3.45. The fraction of sp³-hybridized carbons (Fsp3) is 0.333. The van der Waals surface area contributed by atoms with Crippen LogP contribution in [0.5, 0.6) is 5.75 Å². The molecule has 1 aromatic carbocycles. The van der Waals surface area contributed by atoms with Gasteiger partial charge in [0.1, 0.15) is 10.8 Å². The number of aryl methyl sites for hydroxylation is 1. The zero-order valence-corrected chi connectivity index (χ0v) is 17.0. The average molecular weight is 392 g/mol. The van der Waals surface area contributed by atoms with Gasteiger partial charge in [0.15, 0.2) is 0 Å². The first-order chi connectivity index (χ1) is 13.5. The third-order valence-electron chi connectivity index (χ3n) is 4.68. The van der Waals surface area contributed by atoms with Crippen molar-refractivity contribution in [2.24, 2.45) is 10.9 Å². The Labute approximate surface area is 168 Å². The van der Waals surface area contributed by atoms with Crippen LogP contribution in [0.1, 0.15) is 34.7 Å². The SMILES string of the molecule is COCC1=C(c2nc(C)cs2)C(c2ccc(C#N)cc2OC)C(C#N)C(C)=N1. The van der Waals surface area contributed by atoms with Crippen molar-refractivity contribution in [3.63, 3.8) is 0 Å². The normalized spacial score (nSPS) is 19.0. The van der Waals surface area contributed by atoms with Gasteiger partial charge in [0.05, 0.1) is 43.0 Å². The average Bonchev–Trinajstić information content (AvgIpc) is 3.13. The number of rotatable bonds is 5. The van der Waals surface area contributed by atoms with Crippen molar-refractivity contribution < 1.29 is 9.47 Å². The van der Waals surface area contributed by atoms with Crippen LogP contribution in [0.15, 0.2) is 34.3 Å². The molecule has 0 saturated heterocycles. The standard InChI is InChI=1S/C21H20N4O2S/c1-12-11-28-21(24-12)20-17(10-26-3)25-13(2)16(9-23)19(20)15-6-5-14(8-22)7-18(15)27-4/h5-7,11,16,19H,10H2,1-4H3. The van der Waals surface area contributed by atoms with Gasteiger partial charge in [-0.15, -0.1) is 11.3 Å². The Morgan fingerprint density at radius 2 is 2.00 bits per heavy atom. The molecule has 0 saturated carbocycles. The molecule has 1 aliphatic rings. The molecular weight excluding hydrogens is 372 g/mol. The highest BCUT2D eigenvalue weighted by atomic mass is 32.1. The van der Waals surface area contributed by atoms with Crippen LogP contribution in [-0.4, -0.2) is 31.5 Å². The van der Waals surface area contributed by atoms with E-state index in [1.807, 2.05) is 25.3 Å². The van der Waals surface area contributed by atoms with Crippen molar-refractivity contribution in [1.29, 1.82) is 10.5 Å². The third kappa shape index (κ3) is 3.55. The third-order valence-corrected chi connectivity index (χ3v) is 5.68. The van der Waals surface area contributed by atoms with Crippen LogP contribution in [-0.2, 0) is 4.74 Å². The van der Waals surface area contributed by atoms with Gasteiger partial charge in [0.2, 0.25) is 0 Å². The number of thiazole rings is 1. The van der Waals surface area contributed by atoms with Gasteiger partial charge in [-0.25, -0.2) is 4.98 Å². The van der Waals surface area contributed by atoms with Gasteiger partial charge in [-0.1, -0.05) is 6.07 Å². The van der Waals surface area contributed by atoms with Crippen LogP contribution in [0.4, 0.5) is 0 Å². The van der Waals surface area contributed by atoms with Crippen molar-refractivity contribution >= 4 is 22.6 Å². The molecule has 1 aromatic heterocycles. The Morgan fingerprint density at radius 3 is 2.57 bits per heavy atom. The number of ether oxygens (including phenoxy) is 2. The minimum Gasteiger partial charge on any atom is -0.496 e. The molecule has 0 fully saturated rings. The molecule has 7 heteroatoms. The maximum atomic E-state index is 9.95. The molecule has 142 valence electrons. The molecule has 6 nitrogen and oxygen atoms in total. The number of hydrogen-bond acceptors (Lipinski definition) is 7. The van der Waals surface area contributed by atoms with Crippen molar-refractivity contribution in [1.82, 2.24) is 4.98 Å². The lowest BCUT2D eigenvalue weighted by Gasteiger charge is -2.31. The molecule has 0 spiro atoms. The lowest BCUT2D eigenvalue weighted by atomic mass is 9.76. The molecule has 3 rings (SSSR count). The zero-order valence-electron chi connectivity index (χ0n) is 16.2. The van der Waals surface area contributed by atoms with E-state index in [1.54, 1.807) is 26.4 Å². The Balaban J connectivity index is 2.30. The fourth-order valence-corrected chi connectivity index (χ4v) is 4.35. The number of nitrogens with zero attached hydrogens (tertiary/aromatic N) is 4.